The summed E-state index contributed by atoms with van der Waals surface area (Å²) in [5, 5.41) is 18.6. The molecule has 176 valence electrons. The topological polar surface area (TPSA) is 85.2 Å². The third kappa shape index (κ3) is 5.84. The lowest BCUT2D eigenvalue weighted by Gasteiger charge is -2.34. The second kappa shape index (κ2) is 11.3. The first-order valence-corrected chi connectivity index (χ1v) is 13.7. The highest BCUT2D eigenvalue weighted by Gasteiger charge is 2.30. The molecular weight excluding hydrogens is 452 g/mol. The number of nitrogens with one attached hydrogen (secondary N) is 2. The fraction of sp³-hybridized carbons (Fsp3) is 0.560. The van der Waals surface area contributed by atoms with Gasteiger partial charge in [-0.05, 0) is 82.0 Å². The zero-order chi connectivity index (χ0) is 23.2. The van der Waals surface area contributed by atoms with Crippen molar-refractivity contribution in [2.45, 2.75) is 64.3 Å². The van der Waals surface area contributed by atoms with E-state index in [2.05, 4.69) is 33.0 Å². The molecule has 0 aromatic carbocycles. The van der Waals surface area contributed by atoms with Crippen LogP contribution in [0.25, 0.3) is 0 Å². The number of likely N-dealkylation sites (tertiary alicyclic amines) is 1. The summed E-state index contributed by atoms with van der Waals surface area (Å²) in [4.78, 5) is 30.2. The van der Waals surface area contributed by atoms with Crippen LogP contribution in [0.5, 0.6) is 0 Å². The molecule has 0 bridgehead atoms. The Kier molecular flexibility index (Phi) is 8.18. The number of carbonyl (C=O) groups excluding carboxylic acids is 2. The van der Waals surface area contributed by atoms with E-state index in [0.717, 1.165) is 63.6 Å². The Bertz CT molecular complexity index is 1000. The Hall–Kier alpha value is -2.21. The number of piperidine rings is 1. The molecule has 2 amide bonds. The lowest BCUT2D eigenvalue weighted by molar-refractivity contribution is -0.127. The molecule has 1 atom stereocenters. The van der Waals surface area contributed by atoms with Crippen molar-refractivity contribution in [3.05, 3.63) is 38.4 Å². The smallest absolute Gasteiger partial charge is 0.242 e. The number of nitriles is 1. The van der Waals surface area contributed by atoms with Gasteiger partial charge in [0.2, 0.25) is 11.8 Å². The Morgan fingerprint density at radius 3 is 2.76 bits per heavy atom. The van der Waals surface area contributed by atoms with Crippen LogP contribution in [-0.4, -0.2) is 42.4 Å². The minimum Gasteiger partial charge on any atom is -0.355 e. The van der Waals surface area contributed by atoms with E-state index >= 15 is 0 Å². The molecule has 33 heavy (non-hydrogen) atoms. The van der Waals surface area contributed by atoms with Crippen LogP contribution in [-0.2, 0) is 28.9 Å². The maximum atomic E-state index is 13.0. The Morgan fingerprint density at radius 2 is 2.03 bits per heavy atom. The molecule has 2 aromatic rings. The van der Waals surface area contributed by atoms with Gasteiger partial charge in [-0.25, -0.2) is 0 Å². The van der Waals surface area contributed by atoms with E-state index in [9.17, 15) is 14.9 Å². The van der Waals surface area contributed by atoms with Crippen LogP contribution >= 0.6 is 22.7 Å². The highest BCUT2D eigenvalue weighted by molar-refractivity contribution is 7.16. The molecule has 2 aromatic heterocycles. The van der Waals surface area contributed by atoms with Gasteiger partial charge in [-0.1, -0.05) is 12.5 Å². The summed E-state index contributed by atoms with van der Waals surface area (Å²) in [6, 6.07) is 6.17. The summed E-state index contributed by atoms with van der Waals surface area (Å²) in [6.45, 7) is 4.04. The Balaban J connectivity index is 1.26. The summed E-state index contributed by atoms with van der Waals surface area (Å²) >= 11 is 3.29. The van der Waals surface area contributed by atoms with Crippen molar-refractivity contribution in [1.82, 2.24) is 10.2 Å². The van der Waals surface area contributed by atoms with Gasteiger partial charge in [-0.3, -0.25) is 14.5 Å². The normalized spacial score (nSPS) is 18.1. The molecule has 1 fully saturated rings. The van der Waals surface area contributed by atoms with Gasteiger partial charge in [0, 0.05) is 22.2 Å². The van der Waals surface area contributed by atoms with E-state index in [-0.39, 0.29) is 23.8 Å². The van der Waals surface area contributed by atoms with Gasteiger partial charge in [0.1, 0.15) is 11.1 Å². The van der Waals surface area contributed by atoms with Crippen LogP contribution in [0.15, 0.2) is 17.5 Å². The first kappa shape index (κ1) is 23.9. The van der Waals surface area contributed by atoms with Gasteiger partial charge in [0.05, 0.1) is 11.6 Å². The maximum Gasteiger partial charge on any atom is 0.242 e. The van der Waals surface area contributed by atoms with Crippen molar-refractivity contribution in [2.24, 2.45) is 5.92 Å². The summed E-state index contributed by atoms with van der Waals surface area (Å²) in [5.41, 5.74) is 1.81. The van der Waals surface area contributed by atoms with Crippen LogP contribution in [0.4, 0.5) is 5.00 Å². The number of nitrogens with zero attached hydrogens (tertiary/aromatic N) is 2. The van der Waals surface area contributed by atoms with E-state index in [1.54, 1.807) is 22.7 Å². The minimum absolute atomic E-state index is 0.0120. The molecule has 2 aliphatic rings. The Labute approximate surface area is 204 Å². The number of aryl methyl sites for hydroxylation is 1. The third-order valence-electron chi connectivity index (χ3n) is 6.85. The van der Waals surface area contributed by atoms with Gasteiger partial charge in [-0.15, -0.1) is 22.7 Å². The molecular formula is C25H32N4O2S2. The van der Waals surface area contributed by atoms with Crippen LogP contribution < -0.4 is 10.6 Å². The summed E-state index contributed by atoms with van der Waals surface area (Å²) in [6.07, 6.45) is 7.80. The third-order valence-corrected chi connectivity index (χ3v) is 8.99. The lowest BCUT2D eigenvalue weighted by Crippen LogP contribution is -2.48. The van der Waals surface area contributed by atoms with Gasteiger partial charge < -0.3 is 10.6 Å². The molecule has 0 radical (unpaired) electrons. The predicted molar refractivity (Wildman–Crippen MR) is 134 cm³/mol. The molecule has 0 spiro atoms. The van der Waals surface area contributed by atoms with Gasteiger partial charge in [-0.2, -0.15) is 5.26 Å². The van der Waals surface area contributed by atoms with E-state index < -0.39 is 0 Å². The van der Waals surface area contributed by atoms with Crippen LogP contribution in [0.1, 0.15) is 59.9 Å². The van der Waals surface area contributed by atoms with E-state index in [4.69, 9.17) is 0 Å². The molecule has 8 heteroatoms. The molecule has 3 heterocycles. The fourth-order valence-corrected chi connectivity index (χ4v) is 6.74. The second-order valence-electron chi connectivity index (χ2n) is 8.98. The fourth-order valence-electron chi connectivity index (χ4n) is 4.79. The van der Waals surface area contributed by atoms with E-state index in [0.29, 0.717) is 17.1 Å². The van der Waals surface area contributed by atoms with Gasteiger partial charge in [0.15, 0.2) is 0 Å². The van der Waals surface area contributed by atoms with Gasteiger partial charge >= 0.3 is 0 Å². The SMILES string of the molecule is CC(C(=O)Nc1sc2c(c1C#N)CCCCC2)N1CCC(C(=O)NCCc2cccs2)CC1. The van der Waals surface area contributed by atoms with Crippen molar-refractivity contribution in [2.75, 3.05) is 25.0 Å². The van der Waals surface area contributed by atoms with Crippen molar-refractivity contribution in [1.29, 1.82) is 5.26 Å². The van der Waals surface area contributed by atoms with Crippen LogP contribution in [0.2, 0.25) is 0 Å². The quantitative estimate of drug-likeness (QED) is 0.572. The Morgan fingerprint density at radius 1 is 1.24 bits per heavy atom. The van der Waals surface area contributed by atoms with Crippen molar-refractivity contribution in [3.63, 3.8) is 0 Å². The van der Waals surface area contributed by atoms with Crippen molar-refractivity contribution >= 4 is 39.5 Å². The molecule has 1 saturated heterocycles. The number of hydrogen-bond donors (Lipinski definition) is 2. The number of thiophene rings is 2. The molecule has 1 aliphatic carbocycles. The number of fused-ring (bicyclic) bond motifs is 1. The molecule has 2 N–H and O–H groups in total. The zero-order valence-corrected chi connectivity index (χ0v) is 20.8. The monoisotopic (exact) mass is 484 g/mol. The maximum absolute atomic E-state index is 13.0. The molecule has 1 unspecified atom stereocenters. The second-order valence-corrected chi connectivity index (χ2v) is 11.1. The van der Waals surface area contributed by atoms with Crippen molar-refractivity contribution < 1.29 is 9.59 Å². The van der Waals surface area contributed by atoms with Crippen molar-refractivity contribution in [3.8, 4) is 6.07 Å². The predicted octanol–water partition coefficient (Wildman–Crippen LogP) is 4.35. The molecule has 0 saturated carbocycles. The summed E-state index contributed by atoms with van der Waals surface area (Å²) in [5.74, 6) is 0.0711. The number of carbonyl (C=O) groups is 2. The average molecular weight is 485 g/mol. The summed E-state index contributed by atoms with van der Waals surface area (Å²) in [7, 11) is 0. The first-order valence-electron chi connectivity index (χ1n) is 12.0. The molecule has 4 rings (SSSR count). The number of hydrogen-bond acceptors (Lipinski definition) is 6. The molecule has 6 nitrogen and oxygen atoms in total. The number of amides is 2. The highest BCUT2D eigenvalue weighted by atomic mass is 32.1. The lowest BCUT2D eigenvalue weighted by atomic mass is 9.95. The average Bonchev–Trinajstić information content (AvgIpc) is 3.40. The van der Waals surface area contributed by atoms with Crippen LogP contribution in [0.3, 0.4) is 0 Å². The van der Waals surface area contributed by atoms with E-state index in [1.807, 2.05) is 13.0 Å². The van der Waals surface area contributed by atoms with E-state index in [1.165, 1.54) is 16.2 Å². The number of rotatable bonds is 7. The minimum atomic E-state index is -0.290. The standard InChI is InChI=1S/C25H32N4O2S2/c1-17(23(30)28-25-21(16-26)20-7-3-2-4-8-22(20)33-25)29-13-10-18(11-14-29)24(31)27-12-9-19-6-5-15-32-19/h5-6,15,17-18H,2-4,7-14H2,1H3,(H,27,31)(H,28,30). The molecule has 1 aliphatic heterocycles. The highest BCUT2D eigenvalue weighted by Crippen LogP contribution is 2.37. The largest absolute Gasteiger partial charge is 0.355 e. The first-order chi connectivity index (χ1) is 16.1. The summed E-state index contributed by atoms with van der Waals surface area (Å²) < 4.78 is 0. The number of anilines is 1. The van der Waals surface area contributed by atoms with Gasteiger partial charge in [0.25, 0.3) is 0 Å². The zero-order valence-electron chi connectivity index (χ0n) is 19.2. The van der Waals surface area contributed by atoms with Crippen LogP contribution in [0, 0.1) is 17.2 Å².